The summed E-state index contributed by atoms with van der Waals surface area (Å²) in [5, 5.41) is 19.1. The molecule has 0 fully saturated rings. The van der Waals surface area contributed by atoms with Crippen molar-refractivity contribution in [2.75, 3.05) is 5.32 Å². The van der Waals surface area contributed by atoms with Gasteiger partial charge in [-0.2, -0.15) is 4.98 Å². The van der Waals surface area contributed by atoms with Gasteiger partial charge in [0.2, 0.25) is 5.95 Å². The summed E-state index contributed by atoms with van der Waals surface area (Å²) in [6.07, 6.45) is 2.03. The van der Waals surface area contributed by atoms with Gasteiger partial charge in [-0.1, -0.05) is 24.3 Å². The van der Waals surface area contributed by atoms with E-state index in [9.17, 15) is 14.9 Å². The van der Waals surface area contributed by atoms with E-state index in [-0.39, 0.29) is 11.5 Å². The van der Waals surface area contributed by atoms with Crippen LogP contribution in [-0.4, -0.2) is 25.5 Å². The summed E-state index contributed by atoms with van der Waals surface area (Å²) in [6, 6.07) is 13.7. The second kappa shape index (κ2) is 6.91. The Morgan fingerprint density at radius 2 is 1.90 bits per heavy atom. The summed E-state index contributed by atoms with van der Waals surface area (Å²) in [4.78, 5) is 28.2. The lowest BCUT2D eigenvalue weighted by Gasteiger charge is -2.32. The predicted octanol–water partition coefficient (Wildman–Crippen LogP) is 4.18. The van der Waals surface area contributed by atoms with Crippen molar-refractivity contribution >= 4 is 17.4 Å². The molecule has 1 aliphatic carbocycles. The SMILES string of the molecule is Cc1ccccc1-c1nc2n(n1)C(c1ccc([N+](=O)[O-])cc1)C1=C(CCCC1=O)N2. The van der Waals surface area contributed by atoms with Crippen molar-refractivity contribution in [3.05, 3.63) is 81.0 Å². The molecule has 5 rings (SSSR count). The second-order valence-electron chi connectivity index (χ2n) is 7.56. The molecular weight excluding hydrogens is 382 g/mol. The fourth-order valence-electron chi connectivity index (χ4n) is 4.18. The topological polar surface area (TPSA) is 103 Å². The average Bonchev–Trinajstić information content (AvgIpc) is 3.16. The number of nitro groups is 1. The molecule has 0 radical (unpaired) electrons. The first-order chi connectivity index (χ1) is 14.5. The van der Waals surface area contributed by atoms with Crippen LogP contribution in [0.4, 0.5) is 11.6 Å². The molecule has 30 heavy (non-hydrogen) atoms. The molecule has 150 valence electrons. The molecule has 8 heteroatoms. The van der Waals surface area contributed by atoms with Gasteiger partial charge in [-0.05, 0) is 43.0 Å². The Balaban J connectivity index is 1.67. The minimum atomic E-state index is -0.463. The van der Waals surface area contributed by atoms with Gasteiger partial charge in [0.15, 0.2) is 11.6 Å². The van der Waals surface area contributed by atoms with E-state index in [2.05, 4.69) is 5.32 Å². The van der Waals surface area contributed by atoms with E-state index in [1.165, 1.54) is 12.1 Å². The number of rotatable bonds is 3. The zero-order valence-corrected chi connectivity index (χ0v) is 16.3. The third-order valence-corrected chi connectivity index (χ3v) is 5.67. The molecule has 1 unspecified atom stereocenters. The van der Waals surface area contributed by atoms with Crippen molar-refractivity contribution in [1.82, 2.24) is 14.8 Å². The number of hydrogen-bond acceptors (Lipinski definition) is 6. The van der Waals surface area contributed by atoms with E-state index >= 15 is 0 Å². The lowest BCUT2D eigenvalue weighted by atomic mass is 9.85. The fourth-order valence-corrected chi connectivity index (χ4v) is 4.18. The third kappa shape index (κ3) is 2.88. The number of aromatic nitrogens is 3. The molecule has 0 bridgehead atoms. The van der Waals surface area contributed by atoms with E-state index in [1.54, 1.807) is 16.8 Å². The number of fused-ring (bicyclic) bond motifs is 1. The number of hydrogen-bond donors (Lipinski definition) is 1. The molecule has 2 aliphatic rings. The third-order valence-electron chi connectivity index (χ3n) is 5.67. The molecule has 0 saturated heterocycles. The van der Waals surface area contributed by atoms with Crippen LogP contribution >= 0.6 is 0 Å². The van der Waals surface area contributed by atoms with E-state index in [0.29, 0.717) is 23.8 Å². The number of non-ortho nitro benzene ring substituents is 1. The smallest absolute Gasteiger partial charge is 0.269 e. The average molecular weight is 401 g/mol. The van der Waals surface area contributed by atoms with E-state index < -0.39 is 11.0 Å². The first kappa shape index (κ1) is 18.2. The van der Waals surface area contributed by atoms with Gasteiger partial charge < -0.3 is 5.32 Å². The van der Waals surface area contributed by atoms with Gasteiger partial charge in [0.1, 0.15) is 6.04 Å². The highest BCUT2D eigenvalue weighted by molar-refractivity contribution is 5.99. The summed E-state index contributed by atoms with van der Waals surface area (Å²) in [5.74, 6) is 1.23. The fraction of sp³-hybridized carbons (Fsp3) is 0.227. The molecule has 1 aliphatic heterocycles. The lowest BCUT2D eigenvalue weighted by molar-refractivity contribution is -0.384. The summed E-state index contributed by atoms with van der Waals surface area (Å²) >= 11 is 0. The van der Waals surface area contributed by atoms with Crippen LogP contribution in [-0.2, 0) is 4.79 Å². The van der Waals surface area contributed by atoms with Crippen LogP contribution in [0, 0.1) is 17.0 Å². The highest BCUT2D eigenvalue weighted by Gasteiger charge is 2.37. The number of anilines is 1. The number of nitro benzene ring substituents is 1. The van der Waals surface area contributed by atoms with Gasteiger partial charge in [0.25, 0.3) is 5.69 Å². The molecule has 2 heterocycles. The highest BCUT2D eigenvalue weighted by Crippen LogP contribution is 2.41. The highest BCUT2D eigenvalue weighted by atomic mass is 16.6. The Kier molecular flexibility index (Phi) is 4.20. The molecule has 3 aromatic rings. The van der Waals surface area contributed by atoms with Gasteiger partial charge in [0, 0.05) is 35.4 Å². The first-order valence-electron chi connectivity index (χ1n) is 9.83. The summed E-state index contributed by atoms with van der Waals surface area (Å²) in [7, 11) is 0. The number of nitrogens with one attached hydrogen (secondary N) is 1. The van der Waals surface area contributed by atoms with Crippen molar-refractivity contribution in [2.45, 2.75) is 32.2 Å². The first-order valence-corrected chi connectivity index (χ1v) is 9.83. The number of allylic oxidation sites excluding steroid dienone is 2. The molecule has 0 amide bonds. The largest absolute Gasteiger partial charge is 0.328 e. The Morgan fingerprint density at radius 1 is 1.13 bits per heavy atom. The van der Waals surface area contributed by atoms with Crippen LogP contribution < -0.4 is 5.32 Å². The number of benzene rings is 2. The standard InChI is InChI=1S/C22H19N5O3/c1-13-5-2-3-6-16(13)21-24-22-23-17-7-4-8-18(28)19(17)20(26(22)25-21)14-9-11-15(12-10-14)27(29)30/h2-3,5-6,9-12,20H,4,7-8H2,1H3,(H,23,24,25). The van der Waals surface area contributed by atoms with Crippen LogP contribution in [0.2, 0.25) is 0 Å². The summed E-state index contributed by atoms with van der Waals surface area (Å²) < 4.78 is 1.73. The molecular formula is C22H19N5O3. The van der Waals surface area contributed by atoms with Crippen LogP contribution in [0.15, 0.2) is 59.8 Å². The summed E-state index contributed by atoms with van der Waals surface area (Å²) in [5.41, 5.74) is 4.30. The lowest BCUT2D eigenvalue weighted by Crippen LogP contribution is -2.31. The van der Waals surface area contributed by atoms with Crippen molar-refractivity contribution in [2.24, 2.45) is 0 Å². The normalized spacial score (nSPS) is 17.9. The Hall–Kier alpha value is -3.81. The summed E-state index contributed by atoms with van der Waals surface area (Å²) in [6.45, 7) is 2.00. The molecule has 1 N–H and O–H groups in total. The van der Waals surface area contributed by atoms with Crippen LogP contribution in [0.3, 0.4) is 0 Å². The van der Waals surface area contributed by atoms with Gasteiger partial charge in [-0.25, -0.2) is 4.68 Å². The maximum absolute atomic E-state index is 12.9. The van der Waals surface area contributed by atoms with Gasteiger partial charge in [-0.15, -0.1) is 5.10 Å². The number of aryl methyl sites for hydroxylation is 1. The Morgan fingerprint density at radius 3 is 2.63 bits per heavy atom. The monoisotopic (exact) mass is 401 g/mol. The molecule has 1 aromatic heterocycles. The van der Waals surface area contributed by atoms with Gasteiger partial charge >= 0.3 is 0 Å². The van der Waals surface area contributed by atoms with Gasteiger partial charge in [-0.3, -0.25) is 14.9 Å². The molecule has 0 saturated carbocycles. The van der Waals surface area contributed by atoms with Crippen molar-refractivity contribution in [3.63, 3.8) is 0 Å². The molecule has 1 atom stereocenters. The van der Waals surface area contributed by atoms with E-state index in [1.807, 2.05) is 31.2 Å². The van der Waals surface area contributed by atoms with Crippen LogP contribution in [0.25, 0.3) is 11.4 Å². The van der Waals surface area contributed by atoms with E-state index in [4.69, 9.17) is 10.1 Å². The van der Waals surface area contributed by atoms with E-state index in [0.717, 1.165) is 35.2 Å². The molecule has 8 nitrogen and oxygen atoms in total. The van der Waals surface area contributed by atoms with Crippen molar-refractivity contribution in [1.29, 1.82) is 0 Å². The van der Waals surface area contributed by atoms with Crippen LogP contribution in [0.1, 0.15) is 36.4 Å². The Bertz CT molecular complexity index is 1210. The number of nitrogens with zero attached hydrogens (tertiary/aromatic N) is 4. The van der Waals surface area contributed by atoms with Gasteiger partial charge in [0.05, 0.1) is 4.92 Å². The minimum absolute atomic E-state index is 0.0104. The van der Waals surface area contributed by atoms with Crippen molar-refractivity contribution < 1.29 is 9.72 Å². The van der Waals surface area contributed by atoms with Crippen molar-refractivity contribution in [3.8, 4) is 11.4 Å². The molecule has 0 spiro atoms. The number of ketones is 1. The zero-order chi connectivity index (χ0) is 20.8. The zero-order valence-electron chi connectivity index (χ0n) is 16.3. The van der Waals surface area contributed by atoms with Crippen LogP contribution in [0.5, 0.6) is 0 Å². The molecule has 2 aromatic carbocycles. The second-order valence-corrected chi connectivity index (χ2v) is 7.56. The number of Topliss-reactive ketones (excluding diaryl/α,β-unsaturated/α-hetero) is 1. The Labute approximate surface area is 172 Å². The predicted molar refractivity (Wildman–Crippen MR) is 111 cm³/mol. The maximum Gasteiger partial charge on any atom is 0.269 e. The number of carbonyl (C=O) groups is 1. The minimum Gasteiger partial charge on any atom is -0.328 e. The number of carbonyl (C=O) groups excluding carboxylic acids is 1. The quantitative estimate of drug-likeness (QED) is 0.522. The maximum atomic E-state index is 12.9.